The van der Waals surface area contributed by atoms with Crippen molar-refractivity contribution in [2.24, 2.45) is 0 Å². The molecular formula is C72H65N5O7S. The van der Waals surface area contributed by atoms with E-state index in [1.165, 1.54) is 0 Å². The van der Waals surface area contributed by atoms with Crippen molar-refractivity contribution in [3.63, 3.8) is 0 Å². The Kier molecular flexibility index (Phi) is 16.9. The molecule has 11 aromatic rings. The molecule has 12 rings (SSSR count). The first-order valence-corrected chi connectivity index (χ1v) is 29.6. The first-order chi connectivity index (χ1) is 41.9. The van der Waals surface area contributed by atoms with Gasteiger partial charge < -0.3 is 38.5 Å². The quantitative estimate of drug-likeness (QED) is 0.0485. The lowest BCUT2D eigenvalue weighted by atomic mass is 9.77. The maximum absolute atomic E-state index is 8.18. The van der Waals surface area contributed by atoms with Crippen LogP contribution in [0.3, 0.4) is 0 Å². The number of nitrogens with zero attached hydrogens (tertiary/aromatic N) is 4. The Balaban J connectivity index is 1.05. The Hall–Kier alpha value is -9.08. The Labute approximate surface area is 500 Å². The molecule has 1 saturated heterocycles. The predicted octanol–water partition coefficient (Wildman–Crippen LogP) is 14.2. The molecule has 3 heterocycles. The van der Waals surface area contributed by atoms with E-state index in [0.717, 1.165) is 61.6 Å². The van der Waals surface area contributed by atoms with Gasteiger partial charge in [-0.15, -0.1) is 11.8 Å². The van der Waals surface area contributed by atoms with Crippen molar-refractivity contribution in [1.29, 1.82) is 0 Å². The molecule has 9 aromatic carbocycles. The highest BCUT2D eigenvalue weighted by atomic mass is 32.2. The second-order valence-electron chi connectivity index (χ2n) is 20.7. The van der Waals surface area contributed by atoms with Gasteiger partial charge in [0.1, 0.15) is 58.6 Å². The summed E-state index contributed by atoms with van der Waals surface area (Å²) in [6.07, 6.45) is 2.02. The van der Waals surface area contributed by atoms with Gasteiger partial charge in [0.2, 0.25) is 0 Å². The van der Waals surface area contributed by atoms with Crippen molar-refractivity contribution in [3.05, 3.63) is 318 Å². The number of anilines is 1. The van der Waals surface area contributed by atoms with Crippen LogP contribution in [0.15, 0.2) is 267 Å². The summed E-state index contributed by atoms with van der Waals surface area (Å²) in [6.45, 7) is 0.0460. The number of aromatic nitrogens is 4. The van der Waals surface area contributed by atoms with Crippen molar-refractivity contribution < 1.29 is 33.2 Å². The third kappa shape index (κ3) is 10.8. The molecule has 0 unspecified atom stereocenters. The van der Waals surface area contributed by atoms with Crippen molar-refractivity contribution in [2.45, 2.75) is 41.3 Å². The van der Waals surface area contributed by atoms with E-state index >= 15 is 0 Å². The Morgan fingerprint density at radius 2 is 0.847 bits per heavy atom. The first kappa shape index (κ1) is 56.4. The molecule has 0 amide bonds. The van der Waals surface area contributed by atoms with Gasteiger partial charge in [0, 0.05) is 0 Å². The predicted molar refractivity (Wildman–Crippen MR) is 334 cm³/mol. The fourth-order valence-corrected chi connectivity index (χ4v) is 12.3. The molecule has 1 N–H and O–H groups in total. The fourth-order valence-electron chi connectivity index (χ4n) is 12.0. The number of nitrogens with one attached hydrogen (secondary N) is 1. The van der Waals surface area contributed by atoms with E-state index in [4.69, 9.17) is 48.1 Å². The third-order valence-corrected chi connectivity index (χ3v) is 16.4. The van der Waals surface area contributed by atoms with Crippen molar-refractivity contribution in [1.82, 2.24) is 19.5 Å². The van der Waals surface area contributed by atoms with Gasteiger partial charge in [-0.2, -0.15) is 0 Å². The topological polar surface area (TPSA) is 120 Å². The van der Waals surface area contributed by atoms with Crippen LogP contribution in [0.5, 0.6) is 17.2 Å². The second kappa shape index (κ2) is 25.4. The van der Waals surface area contributed by atoms with E-state index in [-0.39, 0.29) is 6.61 Å². The normalized spacial score (nSPS) is 16.2. The average Bonchev–Trinajstić information content (AvgIpc) is 2.64. The van der Waals surface area contributed by atoms with Crippen LogP contribution in [0, 0.1) is 0 Å². The number of benzene rings is 9. The summed E-state index contributed by atoms with van der Waals surface area (Å²) in [7, 11) is 5.02. The number of hydrogen-bond donors (Lipinski definition) is 1. The number of hydrogen-bond acceptors (Lipinski definition) is 12. The average molecular weight is 1140 g/mol. The molecule has 0 aliphatic carbocycles. The van der Waals surface area contributed by atoms with Crippen LogP contribution in [-0.2, 0) is 35.7 Å². The molecule has 85 heavy (non-hydrogen) atoms. The Morgan fingerprint density at radius 1 is 0.459 bits per heavy atom. The lowest BCUT2D eigenvalue weighted by molar-refractivity contribution is -0.127. The minimum absolute atomic E-state index is 0.0460. The van der Waals surface area contributed by atoms with Gasteiger partial charge >= 0.3 is 0 Å². The number of imidazole rings is 1. The molecule has 1 aliphatic heterocycles. The van der Waals surface area contributed by atoms with Gasteiger partial charge in [0.05, 0.1) is 40.2 Å². The second-order valence-corrected chi connectivity index (χ2v) is 21.5. The minimum atomic E-state index is -1.26. The Bertz CT molecular complexity index is 3770. The van der Waals surface area contributed by atoms with E-state index < -0.39 is 41.3 Å². The van der Waals surface area contributed by atoms with E-state index in [9.17, 15) is 0 Å². The summed E-state index contributed by atoms with van der Waals surface area (Å²) in [5, 5.41) is 3.98. The standard InChI is InChI=1S/C72H65N5O7S/c1-78-60-41-35-53(36-42-60)70(51-23-11-5-12-24-51,52-25-13-6-14-26-52)76-67-64-68(74-48-73-67)77(49-75-64)69-66(84-72(56-31-19-9-20-32-56,57-33-21-10-22-34-57)59-39-45-62(80-3)46-40-59)65(81-50-85-4)63(83-69)47-82-71(54-27-15-7-16-28-54,55-29-17-8-18-30-55)58-37-43-61(79-2)44-38-58/h5-46,48-49,63,65-66,69H,47,50H2,1-4H3,(H,73,74,76)/t63-,65-,66-,69-/m1/s1. The van der Waals surface area contributed by atoms with Gasteiger partial charge in [-0.25, -0.2) is 15.0 Å². The molecule has 4 atom stereocenters. The number of thioether (sulfide) groups is 1. The molecular weight excluding hydrogens is 1080 g/mol. The van der Waals surface area contributed by atoms with Crippen LogP contribution in [-0.4, -0.2) is 78.0 Å². The van der Waals surface area contributed by atoms with Gasteiger partial charge in [-0.3, -0.25) is 4.57 Å². The third-order valence-electron chi connectivity index (χ3n) is 16.0. The first-order valence-electron chi connectivity index (χ1n) is 28.2. The summed E-state index contributed by atoms with van der Waals surface area (Å²) >= 11 is 1.57. The van der Waals surface area contributed by atoms with Crippen LogP contribution in [0.1, 0.15) is 56.3 Å². The summed E-state index contributed by atoms with van der Waals surface area (Å²) in [6, 6.07) is 86.2. The highest BCUT2D eigenvalue weighted by Crippen LogP contribution is 2.49. The minimum Gasteiger partial charge on any atom is -0.497 e. The fraction of sp³-hybridized carbons (Fsp3) is 0.181. The molecule has 0 saturated carbocycles. The summed E-state index contributed by atoms with van der Waals surface area (Å²) in [4.78, 5) is 15.3. The molecule has 0 spiro atoms. The maximum atomic E-state index is 8.18. The summed E-state index contributed by atoms with van der Waals surface area (Å²) < 4.78 is 49.8. The van der Waals surface area contributed by atoms with E-state index in [2.05, 4.69) is 115 Å². The molecule has 0 bridgehead atoms. The molecule has 0 radical (unpaired) electrons. The molecule has 2 aromatic heterocycles. The lowest BCUT2D eigenvalue weighted by Crippen LogP contribution is -2.46. The zero-order valence-corrected chi connectivity index (χ0v) is 48.5. The largest absolute Gasteiger partial charge is 0.497 e. The van der Waals surface area contributed by atoms with Crippen molar-refractivity contribution in [2.75, 3.05) is 45.4 Å². The van der Waals surface area contributed by atoms with E-state index in [1.807, 2.05) is 156 Å². The zero-order valence-electron chi connectivity index (χ0n) is 47.7. The highest BCUT2D eigenvalue weighted by molar-refractivity contribution is 7.98. The number of methoxy groups -OCH3 is 3. The molecule has 1 fully saturated rings. The van der Waals surface area contributed by atoms with E-state index in [1.54, 1.807) is 45.7 Å². The van der Waals surface area contributed by atoms with Gasteiger partial charge in [-0.1, -0.05) is 218 Å². The number of rotatable bonds is 23. The van der Waals surface area contributed by atoms with Gasteiger partial charge in [-0.05, 0) is 92.7 Å². The molecule has 12 nitrogen and oxygen atoms in total. The van der Waals surface area contributed by atoms with Gasteiger partial charge in [0.15, 0.2) is 23.2 Å². The maximum Gasteiger partial charge on any atom is 0.167 e. The van der Waals surface area contributed by atoms with Crippen LogP contribution in [0.2, 0.25) is 0 Å². The zero-order chi connectivity index (χ0) is 58.1. The smallest absolute Gasteiger partial charge is 0.167 e. The van der Waals surface area contributed by atoms with Crippen LogP contribution in [0.25, 0.3) is 11.2 Å². The van der Waals surface area contributed by atoms with Gasteiger partial charge in [0.25, 0.3) is 0 Å². The van der Waals surface area contributed by atoms with E-state index in [0.29, 0.717) is 28.7 Å². The SMILES string of the molecule is COc1ccc(C(Nc2ncnc3c2ncn3[C@@H]2O[C@H](COC(c3ccccc3)(c3ccccc3)c3ccc(OC)cc3)[C@@H](OCSC)[C@H]2OC(c2ccccc2)(c2ccccc2)c2ccc(OC)cc2)(c2ccccc2)c2ccccc2)cc1. The summed E-state index contributed by atoms with van der Waals surface area (Å²) in [5.41, 5.74) is 5.94. The molecule has 1 aliphatic rings. The number of ether oxygens (including phenoxy) is 7. The lowest BCUT2D eigenvalue weighted by Gasteiger charge is -2.40. The van der Waals surface area contributed by atoms with Crippen molar-refractivity contribution >= 4 is 28.7 Å². The van der Waals surface area contributed by atoms with Crippen LogP contribution in [0.4, 0.5) is 5.82 Å². The Morgan fingerprint density at radius 3 is 1.28 bits per heavy atom. The molecule has 13 heteroatoms. The highest BCUT2D eigenvalue weighted by Gasteiger charge is 2.54. The molecule has 426 valence electrons. The monoisotopic (exact) mass is 1140 g/mol. The van der Waals surface area contributed by atoms with Crippen molar-refractivity contribution in [3.8, 4) is 17.2 Å². The van der Waals surface area contributed by atoms with Crippen LogP contribution >= 0.6 is 11.8 Å². The van der Waals surface area contributed by atoms with Crippen LogP contribution < -0.4 is 19.5 Å². The summed E-state index contributed by atoms with van der Waals surface area (Å²) in [5.74, 6) is 2.98. The number of fused-ring (bicyclic) bond motifs is 1.